The predicted molar refractivity (Wildman–Crippen MR) is 48.5 cm³/mol. The Hall–Kier alpha value is -0.830. The van der Waals surface area contributed by atoms with E-state index in [4.69, 9.17) is 11.5 Å². The molecule has 2 rings (SSSR count). The molecule has 0 fully saturated rings. The first-order chi connectivity index (χ1) is 5.29. The minimum atomic E-state index is 0.338. The first kappa shape index (κ1) is 6.85. The average Bonchev–Trinajstić information content (AvgIpc) is 2.45. The summed E-state index contributed by atoms with van der Waals surface area (Å²) in [6.45, 7) is 0. The fourth-order valence-corrected chi connectivity index (χ4v) is 2.45. The van der Waals surface area contributed by atoms with Crippen molar-refractivity contribution >= 4 is 11.8 Å². The van der Waals surface area contributed by atoms with E-state index in [0.717, 1.165) is 11.4 Å². The summed E-state index contributed by atoms with van der Waals surface area (Å²) in [5, 5.41) is 2.43. The summed E-state index contributed by atoms with van der Waals surface area (Å²) in [6, 6.07) is 0. The van der Waals surface area contributed by atoms with E-state index in [1.165, 1.54) is 0 Å². The highest BCUT2D eigenvalue weighted by atomic mass is 32.2. The number of hydrogen-bond acceptors (Lipinski definition) is 3. The van der Waals surface area contributed by atoms with Gasteiger partial charge in [0.2, 0.25) is 0 Å². The molecule has 1 aliphatic carbocycles. The van der Waals surface area contributed by atoms with Crippen molar-refractivity contribution < 1.29 is 0 Å². The molecule has 58 valence electrons. The Kier molecular flexibility index (Phi) is 1.46. The lowest BCUT2D eigenvalue weighted by Gasteiger charge is -2.22. The third-order valence-electron chi connectivity index (χ3n) is 2.02. The van der Waals surface area contributed by atoms with Crippen LogP contribution >= 0.6 is 11.8 Å². The first-order valence-electron chi connectivity index (χ1n) is 3.54. The summed E-state index contributed by atoms with van der Waals surface area (Å²) < 4.78 is 0. The van der Waals surface area contributed by atoms with E-state index in [9.17, 15) is 0 Å². The van der Waals surface area contributed by atoms with Crippen LogP contribution < -0.4 is 11.5 Å². The zero-order valence-electron chi connectivity index (χ0n) is 6.03. The van der Waals surface area contributed by atoms with E-state index in [-0.39, 0.29) is 0 Å². The van der Waals surface area contributed by atoms with Crippen molar-refractivity contribution in [3.05, 3.63) is 35.0 Å². The van der Waals surface area contributed by atoms with Gasteiger partial charge >= 0.3 is 0 Å². The molecule has 2 nitrogen and oxygen atoms in total. The van der Waals surface area contributed by atoms with Crippen LogP contribution in [0.3, 0.4) is 0 Å². The van der Waals surface area contributed by atoms with Gasteiger partial charge in [0.15, 0.2) is 0 Å². The Morgan fingerprint density at radius 3 is 2.64 bits per heavy atom. The van der Waals surface area contributed by atoms with Crippen molar-refractivity contribution in [1.29, 1.82) is 0 Å². The Bertz CT molecular complexity index is 265. The van der Waals surface area contributed by atoms with Gasteiger partial charge in [-0.15, -0.1) is 11.8 Å². The molecule has 0 saturated heterocycles. The topological polar surface area (TPSA) is 52.0 Å². The molecule has 0 aromatic rings. The minimum Gasteiger partial charge on any atom is -0.402 e. The van der Waals surface area contributed by atoms with Gasteiger partial charge in [-0.3, -0.25) is 0 Å². The van der Waals surface area contributed by atoms with E-state index >= 15 is 0 Å². The summed E-state index contributed by atoms with van der Waals surface area (Å²) in [5.41, 5.74) is 13.4. The molecule has 1 heterocycles. The molecule has 3 heteroatoms. The molecule has 11 heavy (non-hydrogen) atoms. The lowest BCUT2D eigenvalue weighted by Crippen LogP contribution is -2.27. The summed E-state index contributed by atoms with van der Waals surface area (Å²) in [5.74, 6) is 0.338. The molecule has 2 unspecified atom stereocenters. The number of thioether (sulfide) groups is 1. The van der Waals surface area contributed by atoms with E-state index in [2.05, 4.69) is 11.5 Å². The largest absolute Gasteiger partial charge is 0.402 e. The van der Waals surface area contributed by atoms with Gasteiger partial charge in [0.25, 0.3) is 0 Å². The van der Waals surface area contributed by atoms with E-state index < -0.39 is 0 Å². The fraction of sp³-hybridized carbons (Fsp3) is 0.250. The predicted octanol–water partition coefficient (Wildman–Crippen LogP) is 0.931. The van der Waals surface area contributed by atoms with Crippen LogP contribution in [0.1, 0.15) is 0 Å². The third-order valence-corrected chi connectivity index (χ3v) is 3.19. The van der Waals surface area contributed by atoms with Crippen LogP contribution in [0.15, 0.2) is 35.0 Å². The second kappa shape index (κ2) is 2.34. The van der Waals surface area contributed by atoms with Gasteiger partial charge in [0.1, 0.15) is 0 Å². The summed E-state index contributed by atoms with van der Waals surface area (Å²) in [4.78, 5) is 0. The van der Waals surface area contributed by atoms with Gasteiger partial charge in [-0.1, -0.05) is 6.08 Å². The molecule has 4 N–H and O–H groups in total. The second-order valence-corrected chi connectivity index (χ2v) is 3.80. The van der Waals surface area contributed by atoms with Crippen molar-refractivity contribution in [3.8, 4) is 0 Å². The van der Waals surface area contributed by atoms with Crippen LogP contribution in [0.5, 0.6) is 0 Å². The van der Waals surface area contributed by atoms with Gasteiger partial charge in [-0.25, -0.2) is 0 Å². The second-order valence-electron chi connectivity index (χ2n) is 2.74. The van der Waals surface area contributed by atoms with Gasteiger partial charge < -0.3 is 11.5 Å². The minimum absolute atomic E-state index is 0.338. The van der Waals surface area contributed by atoms with Gasteiger partial charge in [0, 0.05) is 17.3 Å². The molecule has 1 aliphatic heterocycles. The standard InChI is InChI=1S/C8H10N2S/c9-6-1-2-7(10)8-5(6)3-4-11-8/h1-5,8H,9-10H2. The lowest BCUT2D eigenvalue weighted by molar-refractivity contribution is 0.745. The normalized spacial score (nSPS) is 34.5. The molecule has 0 amide bonds. The molecule has 0 spiro atoms. The number of nitrogens with two attached hydrogens (primary N) is 2. The van der Waals surface area contributed by atoms with Crippen LogP contribution in [0.25, 0.3) is 0 Å². The maximum absolute atomic E-state index is 5.78. The number of hydrogen-bond donors (Lipinski definition) is 2. The number of allylic oxidation sites excluding steroid dienone is 3. The van der Waals surface area contributed by atoms with Gasteiger partial charge in [-0.2, -0.15) is 0 Å². The zero-order valence-corrected chi connectivity index (χ0v) is 6.84. The van der Waals surface area contributed by atoms with E-state index in [0.29, 0.717) is 11.2 Å². The summed E-state index contributed by atoms with van der Waals surface area (Å²) in [6.07, 6.45) is 5.91. The van der Waals surface area contributed by atoms with Crippen molar-refractivity contribution in [3.63, 3.8) is 0 Å². The summed E-state index contributed by atoms with van der Waals surface area (Å²) in [7, 11) is 0. The molecule has 0 bridgehead atoms. The van der Waals surface area contributed by atoms with Gasteiger partial charge in [-0.05, 0) is 17.6 Å². The molecule has 0 aromatic heterocycles. The van der Waals surface area contributed by atoms with Crippen LogP contribution in [0, 0.1) is 5.92 Å². The molecule has 0 radical (unpaired) electrons. The number of rotatable bonds is 0. The molecular weight excluding hydrogens is 156 g/mol. The summed E-state index contributed by atoms with van der Waals surface area (Å²) >= 11 is 1.74. The Morgan fingerprint density at radius 2 is 1.91 bits per heavy atom. The molecular formula is C8H10N2S. The lowest BCUT2D eigenvalue weighted by atomic mass is 9.95. The molecule has 2 aliphatic rings. The Morgan fingerprint density at radius 1 is 1.18 bits per heavy atom. The van der Waals surface area contributed by atoms with Crippen molar-refractivity contribution in [2.24, 2.45) is 17.4 Å². The maximum Gasteiger partial charge on any atom is 0.0601 e. The first-order valence-corrected chi connectivity index (χ1v) is 4.48. The SMILES string of the molecule is NC1=CC=C(N)C2SC=CC12. The zero-order chi connectivity index (χ0) is 7.84. The highest BCUT2D eigenvalue weighted by Gasteiger charge is 2.29. The smallest absolute Gasteiger partial charge is 0.0601 e. The highest BCUT2D eigenvalue weighted by Crippen LogP contribution is 2.37. The molecule has 2 atom stereocenters. The van der Waals surface area contributed by atoms with Crippen molar-refractivity contribution in [2.45, 2.75) is 5.25 Å². The highest BCUT2D eigenvalue weighted by molar-refractivity contribution is 8.03. The monoisotopic (exact) mass is 166 g/mol. The number of fused-ring (bicyclic) bond motifs is 1. The van der Waals surface area contributed by atoms with Gasteiger partial charge in [0.05, 0.1) is 5.25 Å². The van der Waals surface area contributed by atoms with Crippen LogP contribution in [0.4, 0.5) is 0 Å². The fourth-order valence-electron chi connectivity index (χ4n) is 1.37. The van der Waals surface area contributed by atoms with Crippen LogP contribution in [-0.4, -0.2) is 5.25 Å². The molecule has 0 saturated carbocycles. The van der Waals surface area contributed by atoms with Crippen LogP contribution in [-0.2, 0) is 0 Å². The van der Waals surface area contributed by atoms with Crippen molar-refractivity contribution in [1.82, 2.24) is 0 Å². The molecule has 0 aromatic carbocycles. The Labute approximate surface area is 70.0 Å². The quantitative estimate of drug-likeness (QED) is 0.563. The van der Waals surface area contributed by atoms with E-state index in [1.807, 2.05) is 12.2 Å². The maximum atomic E-state index is 5.78. The van der Waals surface area contributed by atoms with Crippen molar-refractivity contribution in [2.75, 3.05) is 0 Å². The van der Waals surface area contributed by atoms with Crippen LogP contribution in [0.2, 0.25) is 0 Å². The third kappa shape index (κ3) is 0.959. The Balaban J connectivity index is 2.35. The van der Waals surface area contributed by atoms with E-state index in [1.54, 1.807) is 11.8 Å². The average molecular weight is 166 g/mol.